The molecule has 1 N–H and O–H groups in total. The molecular formula is C12H12FN3O2. The highest BCUT2D eigenvalue weighted by Gasteiger charge is 2.12. The molecule has 0 aliphatic carbocycles. The van der Waals surface area contributed by atoms with Gasteiger partial charge in [-0.2, -0.15) is 4.98 Å². The molecule has 18 heavy (non-hydrogen) atoms. The topological polar surface area (TPSA) is 68.0 Å². The minimum atomic E-state index is -0.547. The molecule has 0 radical (unpaired) electrons. The molecule has 1 aromatic heterocycles. The molecule has 0 bridgehead atoms. The number of amides is 1. The maximum Gasteiger partial charge on any atom is 0.254 e. The number of nitrogens with one attached hydrogen (secondary N) is 1. The molecule has 2 rings (SSSR count). The Morgan fingerprint density at radius 3 is 2.83 bits per heavy atom. The Labute approximate surface area is 103 Å². The Hall–Kier alpha value is -2.24. The molecule has 0 saturated heterocycles. The maximum absolute atomic E-state index is 13.5. The molecule has 0 saturated carbocycles. The van der Waals surface area contributed by atoms with Crippen LogP contribution in [-0.2, 0) is 6.54 Å². The zero-order valence-corrected chi connectivity index (χ0v) is 10.0. The summed E-state index contributed by atoms with van der Waals surface area (Å²) in [7, 11) is 0. The quantitative estimate of drug-likeness (QED) is 0.899. The first kappa shape index (κ1) is 12.2. The summed E-state index contributed by atoms with van der Waals surface area (Å²) >= 11 is 0. The van der Waals surface area contributed by atoms with Gasteiger partial charge in [-0.1, -0.05) is 11.2 Å². The average Bonchev–Trinajstić information content (AvgIpc) is 2.72. The van der Waals surface area contributed by atoms with Crippen molar-refractivity contribution < 1.29 is 13.7 Å². The molecule has 1 heterocycles. The molecule has 2 aromatic rings. The first-order valence-electron chi connectivity index (χ1n) is 5.40. The zero-order valence-electron chi connectivity index (χ0n) is 10.0. The summed E-state index contributed by atoms with van der Waals surface area (Å²) in [5, 5.41) is 6.10. The molecule has 0 atom stereocenters. The van der Waals surface area contributed by atoms with E-state index < -0.39 is 11.7 Å². The van der Waals surface area contributed by atoms with Crippen LogP contribution in [0.25, 0.3) is 0 Å². The smallest absolute Gasteiger partial charge is 0.254 e. The van der Waals surface area contributed by atoms with E-state index in [-0.39, 0.29) is 18.0 Å². The number of benzene rings is 1. The van der Waals surface area contributed by atoms with Crippen LogP contribution in [0.4, 0.5) is 4.39 Å². The number of nitrogens with zero attached hydrogens (tertiary/aromatic N) is 2. The number of rotatable bonds is 3. The van der Waals surface area contributed by atoms with Crippen molar-refractivity contribution in [3.8, 4) is 0 Å². The first-order valence-corrected chi connectivity index (χ1v) is 5.40. The lowest BCUT2D eigenvalue weighted by atomic mass is 10.1. The van der Waals surface area contributed by atoms with Crippen molar-refractivity contribution in [2.75, 3.05) is 0 Å². The Morgan fingerprint density at radius 1 is 1.44 bits per heavy atom. The number of hydrogen-bond donors (Lipinski definition) is 1. The van der Waals surface area contributed by atoms with E-state index in [9.17, 15) is 9.18 Å². The fraction of sp³-hybridized carbons (Fsp3) is 0.250. The Kier molecular flexibility index (Phi) is 3.36. The van der Waals surface area contributed by atoms with E-state index in [2.05, 4.69) is 15.5 Å². The SMILES string of the molecule is Cc1ccc(C(=O)NCc2nc(C)no2)c(F)c1. The van der Waals surface area contributed by atoms with Crippen LogP contribution < -0.4 is 5.32 Å². The van der Waals surface area contributed by atoms with Crippen LogP contribution in [0.1, 0.15) is 27.6 Å². The lowest BCUT2D eigenvalue weighted by Gasteiger charge is -2.04. The molecule has 1 aromatic carbocycles. The third-order valence-electron chi connectivity index (χ3n) is 2.34. The summed E-state index contributed by atoms with van der Waals surface area (Å²) in [6.07, 6.45) is 0. The molecule has 0 aliphatic heterocycles. The molecule has 5 nitrogen and oxygen atoms in total. The highest BCUT2D eigenvalue weighted by molar-refractivity contribution is 5.94. The summed E-state index contributed by atoms with van der Waals surface area (Å²) in [6.45, 7) is 3.51. The summed E-state index contributed by atoms with van der Waals surface area (Å²) in [5.74, 6) is -0.285. The second-order valence-corrected chi connectivity index (χ2v) is 3.90. The van der Waals surface area contributed by atoms with E-state index in [0.717, 1.165) is 5.56 Å². The molecule has 0 unspecified atom stereocenters. The van der Waals surface area contributed by atoms with Gasteiger partial charge in [0.2, 0.25) is 5.89 Å². The van der Waals surface area contributed by atoms with Gasteiger partial charge in [-0.15, -0.1) is 0 Å². The molecule has 0 aliphatic rings. The van der Waals surface area contributed by atoms with Gasteiger partial charge in [0, 0.05) is 0 Å². The second kappa shape index (κ2) is 4.95. The van der Waals surface area contributed by atoms with E-state index >= 15 is 0 Å². The van der Waals surface area contributed by atoms with Crippen molar-refractivity contribution in [1.82, 2.24) is 15.5 Å². The van der Waals surface area contributed by atoms with Gasteiger partial charge in [-0.25, -0.2) is 4.39 Å². The summed E-state index contributed by atoms with van der Waals surface area (Å²) in [5.41, 5.74) is 0.758. The van der Waals surface area contributed by atoms with Crippen molar-refractivity contribution in [2.24, 2.45) is 0 Å². The molecule has 1 amide bonds. The lowest BCUT2D eigenvalue weighted by molar-refractivity contribution is 0.0942. The first-order chi connectivity index (χ1) is 8.56. The predicted octanol–water partition coefficient (Wildman–Crippen LogP) is 1.76. The van der Waals surface area contributed by atoms with Crippen LogP contribution >= 0.6 is 0 Å². The average molecular weight is 249 g/mol. The largest absolute Gasteiger partial charge is 0.343 e. The normalized spacial score (nSPS) is 10.4. The van der Waals surface area contributed by atoms with Gasteiger partial charge in [-0.05, 0) is 31.5 Å². The van der Waals surface area contributed by atoms with Crippen molar-refractivity contribution in [2.45, 2.75) is 20.4 Å². The summed E-state index contributed by atoms with van der Waals surface area (Å²) < 4.78 is 18.3. The lowest BCUT2D eigenvalue weighted by Crippen LogP contribution is -2.24. The van der Waals surface area contributed by atoms with Gasteiger partial charge in [0.25, 0.3) is 5.91 Å². The number of halogens is 1. The van der Waals surface area contributed by atoms with Gasteiger partial charge in [-0.3, -0.25) is 4.79 Å². The van der Waals surface area contributed by atoms with Crippen LogP contribution in [-0.4, -0.2) is 16.0 Å². The van der Waals surface area contributed by atoms with Crippen molar-refractivity contribution >= 4 is 5.91 Å². The summed E-state index contributed by atoms with van der Waals surface area (Å²) in [4.78, 5) is 15.6. The number of aryl methyl sites for hydroxylation is 2. The van der Waals surface area contributed by atoms with Gasteiger partial charge in [0.1, 0.15) is 5.82 Å². The van der Waals surface area contributed by atoms with Gasteiger partial charge < -0.3 is 9.84 Å². The molecule has 0 spiro atoms. The fourth-order valence-corrected chi connectivity index (χ4v) is 1.47. The van der Waals surface area contributed by atoms with E-state index in [1.54, 1.807) is 19.9 Å². The maximum atomic E-state index is 13.5. The Bertz CT molecular complexity index is 580. The monoisotopic (exact) mass is 249 g/mol. The van der Waals surface area contributed by atoms with Crippen molar-refractivity contribution in [3.05, 3.63) is 46.9 Å². The van der Waals surface area contributed by atoms with Crippen molar-refractivity contribution in [3.63, 3.8) is 0 Å². The van der Waals surface area contributed by atoms with Crippen LogP contribution in [0.5, 0.6) is 0 Å². The van der Waals surface area contributed by atoms with E-state index in [0.29, 0.717) is 5.82 Å². The van der Waals surface area contributed by atoms with Crippen LogP contribution in [0.15, 0.2) is 22.7 Å². The highest BCUT2D eigenvalue weighted by atomic mass is 19.1. The number of aromatic nitrogens is 2. The van der Waals surface area contributed by atoms with Crippen LogP contribution in [0.3, 0.4) is 0 Å². The highest BCUT2D eigenvalue weighted by Crippen LogP contribution is 2.09. The molecular weight excluding hydrogens is 237 g/mol. The summed E-state index contributed by atoms with van der Waals surface area (Å²) in [6, 6.07) is 4.43. The Balaban J connectivity index is 2.03. The second-order valence-electron chi connectivity index (χ2n) is 3.90. The number of hydrogen-bond acceptors (Lipinski definition) is 4. The van der Waals surface area contributed by atoms with Crippen molar-refractivity contribution in [1.29, 1.82) is 0 Å². The minimum Gasteiger partial charge on any atom is -0.343 e. The van der Waals surface area contributed by atoms with Gasteiger partial charge >= 0.3 is 0 Å². The molecule has 6 heteroatoms. The van der Waals surface area contributed by atoms with E-state index in [1.165, 1.54) is 12.1 Å². The predicted molar refractivity (Wildman–Crippen MR) is 61.3 cm³/mol. The fourth-order valence-electron chi connectivity index (χ4n) is 1.47. The molecule has 0 fully saturated rings. The Morgan fingerprint density at radius 2 is 2.22 bits per heavy atom. The van der Waals surface area contributed by atoms with Crippen LogP contribution in [0, 0.1) is 19.7 Å². The van der Waals surface area contributed by atoms with Crippen LogP contribution in [0.2, 0.25) is 0 Å². The minimum absolute atomic E-state index is 0.00293. The molecule has 94 valence electrons. The third kappa shape index (κ3) is 2.71. The van der Waals surface area contributed by atoms with Gasteiger partial charge in [0.15, 0.2) is 5.82 Å². The van der Waals surface area contributed by atoms with E-state index in [1.807, 2.05) is 0 Å². The third-order valence-corrected chi connectivity index (χ3v) is 2.34. The van der Waals surface area contributed by atoms with Gasteiger partial charge in [0.05, 0.1) is 12.1 Å². The standard InChI is InChI=1S/C12H12FN3O2/c1-7-3-4-9(10(13)5-7)12(17)14-6-11-15-8(2)16-18-11/h3-5H,6H2,1-2H3,(H,14,17). The van der Waals surface area contributed by atoms with E-state index in [4.69, 9.17) is 4.52 Å². The number of carbonyl (C=O) groups excluding carboxylic acids is 1. The number of carbonyl (C=O) groups is 1. The zero-order chi connectivity index (χ0) is 13.1.